The Balaban J connectivity index is 2.17. The number of hydrogen-bond donors (Lipinski definition) is 0. The average molecular weight is 396 g/mol. The summed E-state index contributed by atoms with van der Waals surface area (Å²) in [5, 5.41) is -0.568. The molecule has 1 fully saturated rings. The summed E-state index contributed by atoms with van der Waals surface area (Å²) in [4.78, 5) is 13.9. The Kier molecular flexibility index (Phi) is 5.44. The van der Waals surface area contributed by atoms with E-state index in [1.165, 1.54) is 0 Å². The minimum Gasteiger partial charge on any atom is -0.353 e. The highest BCUT2D eigenvalue weighted by molar-refractivity contribution is 14.1. The monoisotopic (exact) mass is 395 g/mol. The lowest BCUT2D eigenvalue weighted by atomic mass is 10.2. The number of amides is 1. The van der Waals surface area contributed by atoms with Crippen LogP contribution in [0.25, 0.3) is 0 Å². The highest BCUT2D eigenvalue weighted by Gasteiger charge is 2.26. The van der Waals surface area contributed by atoms with E-state index in [0.29, 0.717) is 13.2 Å². The van der Waals surface area contributed by atoms with Gasteiger partial charge in [0.2, 0.25) is 5.91 Å². The molecule has 2 rings (SSSR count). The minimum absolute atomic E-state index is 0.0985. The van der Waals surface area contributed by atoms with E-state index in [2.05, 4.69) is 22.6 Å². The van der Waals surface area contributed by atoms with Crippen molar-refractivity contribution < 1.29 is 14.3 Å². The lowest BCUT2D eigenvalue weighted by molar-refractivity contribution is -0.118. The number of alkyl halides is 1. The second-order valence-corrected chi connectivity index (χ2v) is 6.22. The van der Waals surface area contributed by atoms with Crippen LogP contribution in [0.2, 0.25) is 0 Å². The number of carbonyl (C=O) groups is 1. The molecular formula is C13H15ClINO3. The van der Waals surface area contributed by atoms with Gasteiger partial charge >= 0.3 is 0 Å². The van der Waals surface area contributed by atoms with Gasteiger partial charge in [-0.2, -0.15) is 0 Å². The SMILES string of the molecule is CC(Cl)C(=O)N(CC1COCO1)c1ccc(I)cc1. The van der Waals surface area contributed by atoms with Crippen molar-refractivity contribution in [1.29, 1.82) is 0 Å². The van der Waals surface area contributed by atoms with Crippen molar-refractivity contribution >= 4 is 45.8 Å². The van der Waals surface area contributed by atoms with Crippen LogP contribution in [-0.2, 0) is 14.3 Å². The summed E-state index contributed by atoms with van der Waals surface area (Å²) in [6.07, 6.45) is -0.0985. The fraction of sp³-hybridized carbons (Fsp3) is 0.462. The van der Waals surface area contributed by atoms with E-state index in [9.17, 15) is 4.79 Å². The van der Waals surface area contributed by atoms with Crippen LogP contribution in [0, 0.1) is 3.57 Å². The lowest BCUT2D eigenvalue weighted by Gasteiger charge is -2.26. The predicted molar refractivity (Wildman–Crippen MR) is 82.5 cm³/mol. The first-order valence-corrected chi connectivity index (χ1v) is 7.50. The van der Waals surface area contributed by atoms with Crippen molar-refractivity contribution in [3.8, 4) is 0 Å². The number of nitrogens with zero attached hydrogens (tertiary/aromatic N) is 1. The molecule has 1 aromatic carbocycles. The molecule has 0 radical (unpaired) electrons. The second kappa shape index (κ2) is 6.88. The van der Waals surface area contributed by atoms with E-state index in [1.54, 1.807) is 11.8 Å². The van der Waals surface area contributed by atoms with E-state index in [-0.39, 0.29) is 18.8 Å². The molecule has 1 aromatic rings. The Labute approximate surface area is 131 Å². The third-order valence-corrected chi connectivity index (χ3v) is 3.73. The van der Waals surface area contributed by atoms with Gasteiger partial charge in [-0.3, -0.25) is 4.79 Å². The van der Waals surface area contributed by atoms with Gasteiger partial charge in [0, 0.05) is 9.26 Å². The van der Waals surface area contributed by atoms with Crippen LogP contribution >= 0.6 is 34.2 Å². The summed E-state index contributed by atoms with van der Waals surface area (Å²) >= 11 is 8.15. The van der Waals surface area contributed by atoms with Gasteiger partial charge in [0.1, 0.15) is 18.3 Å². The van der Waals surface area contributed by atoms with E-state index >= 15 is 0 Å². The first-order valence-electron chi connectivity index (χ1n) is 5.98. The predicted octanol–water partition coefficient (Wildman–Crippen LogP) is 2.62. The van der Waals surface area contributed by atoms with Crippen molar-refractivity contribution in [3.63, 3.8) is 0 Å². The van der Waals surface area contributed by atoms with Crippen molar-refractivity contribution in [2.24, 2.45) is 0 Å². The lowest BCUT2D eigenvalue weighted by Crippen LogP contribution is -2.41. The van der Waals surface area contributed by atoms with Crippen LogP contribution in [0.4, 0.5) is 5.69 Å². The number of benzene rings is 1. The first kappa shape index (κ1) is 15.0. The van der Waals surface area contributed by atoms with Gasteiger partial charge in [-0.25, -0.2) is 0 Å². The van der Waals surface area contributed by atoms with Crippen LogP contribution in [-0.4, -0.2) is 37.3 Å². The third-order valence-electron chi connectivity index (χ3n) is 2.82. The van der Waals surface area contributed by atoms with Crippen LogP contribution in [0.15, 0.2) is 24.3 Å². The molecule has 2 unspecified atom stereocenters. The Morgan fingerprint density at radius 1 is 1.53 bits per heavy atom. The van der Waals surface area contributed by atoms with E-state index in [0.717, 1.165) is 9.26 Å². The highest BCUT2D eigenvalue weighted by atomic mass is 127. The summed E-state index contributed by atoms with van der Waals surface area (Å²) in [7, 11) is 0. The van der Waals surface area contributed by atoms with Crippen molar-refractivity contribution in [2.45, 2.75) is 18.4 Å². The molecule has 0 bridgehead atoms. The molecule has 1 heterocycles. The first-order chi connectivity index (χ1) is 9.08. The topological polar surface area (TPSA) is 38.8 Å². The number of ether oxygens (including phenoxy) is 2. The minimum atomic E-state index is -0.568. The Morgan fingerprint density at radius 2 is 2.21 bits per heavy atom. The number of rotatable bonds is 4. The molecule has 1 aliphatic rings. The zero-order valence-corrected chi connectivity index (χ0v) is 13.4. The van der Waals surface area contributed by atoms with E-state index < -0.39 is 5.38 Å². The molecule has 2 atom stereocenters. The van der Waals surface area contributed by atoms with Crippen LogP contribution in [0.1, 0.15) is 6.92 Å². The fourth-order valence-corrected chi connectivity index (χ4v) is 2.32. The molecule has 1 amide bonds. The maximum Gasteiger partial charge on any atom is 0.244 e. The van der Waals surface area contributed by atoms with Crippen molar-refractivity contribution in [1.82, 2.24) is 0 Å². The zero-order chi connectivity index (χ0) is 13.8. The number of carbonyl (C=O) groups excluding carboxylic acids is 1. The number of anilines is 1. The summed E-state index contributed by atoms with van der Waals surface area (Å²) in [5.74, 6) is -0.127. The smallest absolute Gasteiger partial charge is 0.244 e. The molecule has 1 saturated heterocycles. The maximum atomic E-state index is 12.2. The summed E-state index contributed by atoms with van der Waals surface area (Å²) in [6.45, 7) is 2.92. The van der Waals surface area contributed by atoms with E-state index in [4.69, 9.17) is 21.1 Å². The van der Waals surface area contributed by atoms with Gasteiger partial charge in [-0.05, 0) is 53.8 Å². The van der Waals surface area contributed by atoms with Gasteiger partial charge in [0.15, 0.2) is 0 Å². The average Bonchev–Trinajstić information content (AvgIpc) is 2.89. The molecule has 0 N–H and O–H groups in total. The molecule has 4 nitrogen and oxygen atoms in total. The van der Waals surface area contributed by atoms with Gasteiger partial charge in [0.25, 0.3) is 0 Å². The Hall–Kier alpha value is -0.370. The van der Waals surface area contributed by atoms with Crippen LogP contribution in [0.3, 0.4) is 0 Å². The van der Waals surface area contributed by atoms with Gasteiger partial charge in [0.05, 0.1) is 13.2 Å². The maximum absolute atomic E-state index is 12.2. The molecular weight excluding hydrogens is 381 g/mol. The zero-order valence-electron chi connectivity index (χ0n) is 10.5. The summed E-state index contributed by atoms with van der Waals surface area (Å²) in [6, 6.07) is 7.74. The largest absolute Gasteiger partial charge is 0.353 e. The highest BCUT2D eigenvalue weighted by Crippen LogP contribution is 2.20. The van der Waals surface area contributed by atoms with Gasteiger partial charge in [-0.15, -0.1) is 11.6 Å². The normalized spacial score (nSPS) is 20.3. The second-order valence-electron chi connectivity index (χ2n) is 4.32. The standard InChI is InChI=1S/C13H15ClINO3/c1-9(14)13(17)16(6-12-7-18-8-19-12)11-4-2-10(15)3-5-11/h2-5,9,12H,6-8H2,1H3. The van der Waals surface area contributed by atoms with Crippen LogP contribution < -0.4 is 4.90 Å². The molecule has 104 valence electrons. The van der Waals surface area contributed by atoms with E-state index in [1.807, 2.05) is 24.3 Å². The molecule has 0 saturated carbocycles. The molecule has 0 aromatic heterocycles. The molecule has 0 aliphatic carbocycles. The molecule has 0 spiro atoms. The Morgan fingerprint density at radius 3 is 2.74 bits per heavy atom. The summed E-state index contributed by atoms with van der Waals surface area (Å²) in [5.41, 5.74) is 0.827. The molecule has 1 aliphatic heterocycles. The number of hydrogen-bond acceptors (Lipinski definition) is 3. The molecule has 19 heavy (non-hydrogen) atoms. The van der Waals surface area contributed by atoms with Gasteiger partial charge in [-0.1, -0.05) is 0 Å². The van der Waals surface area contributed by atoms with Crippen LogP contribution in [0.5, 0.6) is 0 Å². The quantitative estimate of drug-likeness (QED) is 0.581. The number of halogens is 2. The fourth-order valence-electron chi connectivity index (χ4n) is 1.84. The third kappa shape index (κ3) is 4.05. The van der Waals surface area contributed by atoms with Crippen molar-refractivity contribution in [2.75, 3.05) is 24.8 Å². The van der Waals surface area contributed by atoms with Crippen molar-refractivity contribution in [3.05, 3.63) is 27.8 Å². The Bertz CT molecular complexity index is 432. The molecule has 6 heteroatoms. The summed E-state index contributed by atoms with van der Waals surface area (Å²) < 4.78 is 11.7. The van der Waals surface area contributed by atoms with Gasteiger partial charge < -0.3 is 14.4 Å².